The molecule has 0 aliphatic carbocycles. The van der Waals surface area contributed by atoms with Crippen LogP contribution in [0.4, 0.5) is 0 Å². The highest BCUT2D eigenvalue weighted by molar-refractivity contribution is 5.88. The molecular formula is C25H28N4O3. The largest absolute Gasteiger partial charge is 0.394 e. The van der Waals surface area contributed by atoms with Crippen LogP contribution in [0.3, 0.4) is 0 Å². The number of carbonyl (C=O) groups excluding carboxylic acids is 2. The fourth-order valence-electron chi connectivity index (χ4n) is 4.57. The number of fused-ring (bicyclic) bond motifs is 1. The molecule has 2 amide bonds. The average molecular weight is 433 g/mol. The first-order valence-corrected chi connectivity index (χ1v) is 10.8. The summed E-state index contributed by atoms with van der Waals surface area (Å²) in [5.74, 6) is 6.07. The van der Waals surface area contributed by atoms with Crippen molar-refractivity contribution in [1.29, 1.82) is 0 Å². The highest BCUT2D eigenvalue weighted by Gasteiger charge is 2.54. The minimum absolute atomic E-state index is 0.0123. The third-order valence-electron chi connectivity index (χ3n) is 6.11. The summed E-state index contributed by atoms with van der Waals surface area (Å²) in [5.41, 5.74) is 2.81. The van der Waals surface area contributed by atoms with E-state index in [9.17, 15) is 14.7 Å². The van der Waals surface area contributed by atoms with E-state index in [4.69, 9.17) is 0 Å². The highest BCUT2D eigenvalue weighted by atomic mass is 16.3. The predicted octanol–water partition coefficient (Wildman–Crippen LogP) is 0.735. The highest BCUT2D eigenvalue weighted by Crippen LogP contribution is 2.42. The van der Waals surface area contributed by atoms with Crippen molar-refractivity contribution < 1.29 is 14.7 Å². The van der Waals surface area contributed by atoms with Crippen LogP contribution in [0.15, 0.2) is 48.8 Å². The van der Waals surface area contributed by atoms with Gasteiger partial charge in [-0.1, -0.05) is 30.0 Å². The Morgan fingerprint density at radius 2 is 2.03 bits per heavy atom. The van der Waals surface area contributed by atoms with E-state index in [1.54, 1.807) is 28.3 Å². The first-order valence-electron chi connectivity index (χ1n) is 10.8. The van der Waals surface area contributed by atoms with Crippen molar-refractivity contribution >= 4 is 11.8 Å². The van der Waals surface area contributed by atoms with Gasteiger partial charge in [0, 0.05) is 30.4 Å². The monoisotopic (exact) mass is 432 g/mol. The number of benzene rings is 1. The fourth-order valence-corrected chi connectivity index (χ4v) is 4.57. The van der Waals surface area contributed by atoms with Gasteiger partial charge < -0.3 is 14.9 Å². The molecule has 2 aliphatic heterocycles. The summed E-state index contributed by atoms with van der Waals surface area (Å²) in [5, 5.41) is 9.96. The first kappa shape index (κ1) is 22.0. The lowest BCUT2D eigenvalue weighted by Crippen LogP contribution is -2.73. The van der Waals surface area contributed by atoms with Crippen molar-refractivity contribution in [2.45, 2.75) is 24.4 Å². The Balaban J connectivity index is 1.48. The lowest BCUT2D eigenvalue weighted by atomic mass is 9.73. The molecule has 3 heterocycles. The van der Waals surface area contributed by atoms with E-state index in [1.807, 2.05) is 49.3 Å². The summed E-state index contributed by atoms with van der Waals surface area (Å²) in [6.07, 6.45) is 3.57. The maximum absolute atomic E-state index is 12.8. The van der Waals surface area contributed by atoms with Gasteiger partial charge >= 0.3 is 0 Å². The number of aromatic nitrogens is 1. The number of aliphatic hydroxyl groups is 1. The van der Waals surface area contributed by atoms with E-state index in [0.717, 1.165) is 16.7 Å². The Labute approximate surface area is 188 Å². The number of pyridine rings is 1. The van der Waals surface area contributed by atoms with Crippen LogP contribution in [0.1, 0.15) is 22.6 Å². The first-order chi connectivity index (χ1) is 15.5. The van der Waals surface area contributed by atoms with Gasteiger partial charge in [-0.3, -0.25) is 19.5 Å². The maximum atomic E-state index is 12.8. The summed E-state index contributed by atoms with van der Waals surface area (Å²) in [6, 6.07) is 11.3. The second-order valence-corrected chi connectivity index (χ2v) is 8.62. The van der Waals surface area contributed by atoms with E-state index < -0.39 is 0 Å². The van der Waals surface area contributed by atoms with Gasteiger partial charge in [-0.25, -0.2) is 0 Å². The number of aliphatic hydroxyl groups excluding tert-OH is 1. The standard InChI is InChI=1S/C25H28N4O3/c1-27(2)12-4-6-18-7-9-20(10-8-18)25-21-15-28(16-24(32)29(21)22(25)17-30)23(31)13-19-5-3-11-26-14-19/h3,5,7-11,14,21-22,25,30H,12-13,15-17H2,1-2H3/t21-,22+,25-/m0/s1. The van der Waals surface area contributed by atoms with E-state index >= 15 is 0 Å². The smallest absolute Gasteiger partial charge is 0.242 e. The molecule has 0 spiro atoms. The normalized spacial score (nSPS) is 22.1. The number of rotatable bonds is 5. The fraction of sp³-hybridized carbons (Fsp3) is 0.400. The molecule has 0 radical (unpaired) electrons. The Bertz CT molecular complexity index is 1030. The number of nitrogens with zero attached hydrogens (tertiary/aromatic N) is 4. The number of amides is 2. The summed E-state index contributed by atoms with van der Waals surface area (Å²) < 4.78 is 0. The quantitative estimate of drug-likeness (QED) is 0.705. The Kier molecular flexibility index (Phi) is 6.54. The third kappa shape index (κ3) is 4.52. The molecule has 2 saturated heterocycles. The molecule has 0 bridgehead atoms. The predicted molar refractivity (Wildman–Crippen MR) is 121 cm³/mol. The summed E-state index contributed by atoms with van der Waals surface area (Å²) >= 11 is 0. The molecule has 32 heavy (non-hydrogen) atoms. The molecule has 1 aromatic heterocycles. The molecule has 0 unspecified atom stereocenters. The van der Waals surface area contributed by atoms with Crippen molar-refractivity contribution in [2.75, 3.05) is 40.3 Å². The molecule has 4 rings (SSSR count). The van der Waals surface area contributed by atoms with Crippen LogP contribution in [0.5, 0.6) is 0 Å². The number of hydrogen-bond donors (Lipinski definition) is 1. The lowest BCUT2D eigenvalue weighted by molar-refractivity contribution is -0.166. The second-order valence-electron chi connectivity index (χ2n) is 8.62. The SMILES string of the molecule is CN(C)CC#Cc1ccc([C@@H]2[C@@H](CO)N3C(=O)CN(C(=O)Cc4cccnc4)C[C@@H]23)cc1. The molecule has 2 fully saturated rings. The van der Waals surface area contributed by atoms with Gasteiger partial charge in [0.1, 0.15) is 0 Å². The third-order valence-corrected chi connectivity index (χ3v) is 6.11. The minimum atomic E-state index is -0.256. The van der Waals surface area contributed by atoms with Gasteiger partial charge in [0.2, 0.25) is 11.8 Å². The zero-order valence-electron chi connectivity index (χ0n) is 18.4. The molecule has 0 saturated carbocycles. The number of hydrogen-bond acceptors (Lipinski definition) is 5. The Hall–Kier alpha value is -3.21. The molecule has 166 valence electrons. The maximum Gasteiger partial charge on any atom is 0.242 e. The van der Waals surface area contributed by atoms with Crippen LogP contribution in [-0.4, -0.2) is 89.0 Å². The van der Waals surface area contributed by atoms with Crippen molar-refractivity contribution in [2.24, 2.45) is 0 Å². The van der Waals surface area contributed by atoms with Crippen molar-refractivity contribution in [3.8, 4) is 11.8 Å². The Morgan fingerprint density at radius 3 is 2.69 bits per heavy atom. The lowest BCUT2D eigenvalue weighted by Gasteiger charge is -2.58. The van der Waals surface area contributed by atoms with Gasteiger partial charge in [0.05, 0.1) is 38.2 Å². The summed E-state index contributed by atoms with van der Waals surface area (Å²) in [7, 11) is 3.96. The van der Waals surface area contributed by atoms with E-state index in [2.05, 4.69) is 16.8 Å². The van der Waals surface area contributed by atoms with Gasteiger partial charge in [0.15, 0.2) is 0 Å². The van der Waals surface area contributed by atoms with Crippen LogP contribution in [-0.2, 0) is 16.0 Å². The zero-order valence-corrected chi connectivity index (χ0v) is 18.4. The molecule has 7 heteroatoms. The Morgan fingerprint density at radius 1 is 1.25 bits per heavy atom. The molecule has 2 aromatic rings. The molecule has 7 nitrogen and oxygen atoms in total. The van der Waals surface area contributed by atoms with Crippen LogP contribution in [0.2, 0.25) is 0 Å². The van der Waals surface area contributed by atoms with Gasteiger partial charge in [-0.15, -0.1) is 0 Å². The summed E-state index contributed by atoms with van der Waals surface area (Å²) in [6.45, 7) is 1.12. The van der Waals surface area contributed by atoms with Gasteiger partial charge in [-0.2, -0.15) is 0 Å². The van der Waals surface area contributed by atoms with Crippen LogP contribution >= 0.6 is 0 Å². The van der Waals surface area contributed by atoms with Crippen molar-refractivity contribution in [3.63, 3.8) is 0 Å². The second kappa shape index (κ2) is 9.51. The molecule has 3 atom stereocenters. The van der Waals surface area contributed by atoms with E-state index in [-0.39, 0.29) is 49.4 Å². The number of carbonyl (C=O) groups is 2. The number of piperazine rings is 1. The van der Waals surface area contributed by atoms with E-state index in [0.29, 0.717) is 13.1 Å². The van der Waals surface area contributed by atoms with E-state index in [1.165, 1.54) is 0 Å². The van der Waals surface area contributed by atoms with Crippen molar-refractivity contribution in [1.82, 2.24) is 19.7 Å². The molecule has 1 N–H and O–H groups in total. The topological polar surface area (TPSA) is 77.0 Å². The van der Waals surface area contributed by atoms with Crippen LogP contribution in [0.25, 0.3) is 0 Å². The minimum Gasteiger partial charge on any atom is -0.394 e. The molecular weight excluding hydrogens is 404 g/mol. The average Bonchev–Trinajstić information content (AvgIpc) is 2.76. The zero-order chi connectivity index (χ0) is 22.7. The van der Waals surface area contributed by atoms with Crippen LogP contribution in [0, 0.1) is 11.8 Å². The van der Waals surface area contributed by atoms with Gasteiger partial charge in [0.25, 0.3) is 0 Å². The summed E-state index contributed by atoms with van der Waals surface area (Å²) in [4.78, 5) is 35.1. The molecule has 1 aromatic carbocycles. The molecule has 2 aliphatic rings. The van der Waals surface area contributed by atoms with Gasteiger partial charge in [-0.05, 0) is 43.4 Å². The van der Waals surface area contributed by atoms with Crippen molar-refractivity contribution in [3.05, 3.63) is 65.5 Å². The van der Waals surface area contributed by atoms with Crippen LogP contribution < -0.4 is 0 Å².